The first-order valence-electron chi connectivity index (χ1n) is 7.45. The third-order valence-corrected chi connectivity index (χ3v) is 5.40. The van der Waals surface area contributed by atoms with Gasteiger partial charge in [0, 0.05) is 24.1 Å². The third kappa shape index (κ3) is 3.88. The van der Waals surface area contributed by atoms with Gasteiger partial charge in [-0.15, -0.1) is 0 Å². The molecule has 6 heteroatoms. The van der Waals surface area contributed by atoms with Crippen molar-refractivity contribution >= 4 is 23.6 Å². The maximum atomic E-state index is 12.8. The molecule has 0 spiro atoms. The summed E-state index contributed by atoms with van der Waals surface area (Å²) in [6.07, 6.45) is 5.09. The maximum absolute atomic E-state index is 12.8. The molecule has 2 aliphatic rings. The molecule has 1 saturated carbocycles. The number of carboxylic acid groups (broad SMARTS) is 1. The van der Waals surface area contributed by atoms with Crippen LogP contribution in [0, 0.1) is 5.92 Å². The quantitative estimate of drug-likeness (QED) is 0.768. The van der Waals surface area contributed by atoms with Crippen LogP contribution in [-0.4, -0.2) is 52.0 Å². The van der Waals surface area contributed by atoms with Gasteiger partial charge in [0.1, 0.15) is 0 Å². The van der Waals surface area contributed by atoms with Crippen LogP contribution in [0.3, 0.4) is 0 Å². The van der Waals surface area contributed by atoms with Crippen LogP contribution in [0.2, 0.25) is 0 Å². The Morgan fingerprint density at radius 3 is 2.75 bits per heavy atom. The number of nitrogens with zero attached hydrogens (tertiary/aromatic N) is 1. The molecule has 2 rings (SSSR count). The molecule has 0 aromatic heterocycles. The van der Waals surface area contributed by atoms with Gasteiger partial charge >= 0.3 is 5.97 Å². The Morgan fingerprint density at radius 1 is 1.25 bits per heavy atom. The van der Waals surface area contributed by atoms with Crippen LogP contribution in [0.5, 0.6) is 0 Å². The van der Waals surface area contributed by atoms with Crippen LogP contribution in [0.15, 0.2) is 0 Å². The molecule has 1 saturated heterocycles. The van der Waals surface area contributed by atoms with Gasteiger partial charge < -0.3 is 15.7 Å². The predicted octanol–water partition coefficient (Wildman–Crippen LogP) is 1.31. The molecule has 20 heavy (non-hydrogen) atoms. The van der Waals surface area contributed by atoms with Gasteiger partial charge in [0.25, 0.3) is 0 Å². The van der Waals surface area contributed by atoms with Crippen molar-refractivity contribution in [3.63, 3.8) is 0 Å². The van der Waals surface area contributed by atoms with Gasteiger partial charge in [-0.05, 0) is 12.8 Å². The number of thioether (sulfide) groups is 1. The maximum Gasteiger partial charge on any atom is 0.305 e. The fourth-order valence-electron chi connectivity index (χ4n) is 3.17. The lowest BCUT2D eigenvalue weighted by atomic mass is 9.93. The first-order valence-corrected chi connectivity index (χ1v) is 8.60. The molecule has 1 heterocycles. The summed E-state index contributed by atoms with van der Waals surface area (Å²) in [5.41, 5.74) is 6.16. The van der Waals surface area contributed by atoms with E-state index < -0.39 is 5.97 Å². The highest BCUT2D eigenvalue weighted by Gasteiger charge is 2.35. The van der Waals surface area contributed by atoms with Gasteiger partial charge in [-0.2, -0.15) is 11.8 Å². The fourth-order valence-corrected chi connectivity index (χ4v) is 4.23. The second kappa shape index (κ2) is 7.31. The fraction of sp³-hybridized carbons (Fsp3) is 0.857. The average molecular weight is 300 g/mol. The summed E-state index contributed by atoms with van der Waals surface area (Å²) in [6, 6.07) is -0.237. The summed E-state index contributed by atoms with van der Waals surface area (Å²) in [7, 11) is 0. The lowest BCUT2D eigenvalue weighted by Crippen LogP contribution is -2.52. The molecule has 3 N–H and O–H groups in total. The molecule has 0 bridgehead atoms. The molecule has 0 radical (unpaired) electrons. The monoisotopic (exact) mass is 300 g/mol. The summed E-state index contributed by atoms with van der Waals surface area (Å²) >= 11 is 1.73. The van der Waals surface area contributed by atoms with E-state index in [0.717, 1.165) is 43.6 Å². The topological polar surface area (TPSA) is 83.6 Å². The van der Waals surface area contributed by atoms with Crippen molar-refractivity contribution in [3.05, 3.63) is 0 Å². The molecule has 2 fully saturated rings. The van der Waals surface area contributed by atoms with Gasteiger partial charge in [-0.25, -0.2) is 0 Å². The molecular formula is C14H24N2O3S. The molecule has 1 aliphatic heterocycles. The Balaban J connectivity index is 2.05. The first kappa shape index (κ1) is 15.6. The van der Waals surface area contributed by atoms with Gasteiger partial charge in [0.2, 0.25) is 5.91 Å². The number of hydrogen-bond donors (Lipinski definition) is 2. The third-order valence-electron chi connectivity index (χ3n) is 4.31. The van der Waals surface area contributed by atoms with E-state index in [2.05, 4.69) is 0 Å². The van der Waals surface area contributed by atoms with Crippen molar-refractivity contribution < 1.29 is 14.7 Å². The molecule has 1 aliphatic carbocycles. The van der Waals surface area contributed by atoms with Gasteiger partial charge in [-0.1, -0.05) is 19.3 Å². The second-order valence-electron chi connectivity index (χ2n) is 5.77. The zero-order chi connectivity index (χ0) is 14.5. The van der Waals surface area contributed by atoms with Crippen LogP contribution >= 0.6 is 11.8 Å². The van der Waals surface area contributed by atoms with E-state index in [0.29, 0.717) is 6.54 Å². The lowest BCUT2D eigenvalue weighted by Gasteiger charge is -2.38. The molecular weight excluding hydrogens is 276 g/mol. The Hall–Kier alpha value is -0.750. The predicted molar refractivity (Wildman–Crippen MR) is 79.6 cm³/mol. The van der Waals surface area contributed by atoms with E-state index >= 15 is 0 Å². The number of hydrogen-bond acceptors (Lipinski definition) is 4. The van der Waals surface area contributed by atoms with Crippen molar-refractivity contribution in [2.24, 2.45) is 11.7 Å². The Kier molecular flexibility index (Phi) is 5.72. The molecule has 114 valence electrons. The number of amides is 1. The standard InChI is InChI=1S/C14H24N2O3S/c15-12-5-3-1-2-4-11(12)14(19)16-6-7-20-9-10(16)8-13(17)18/h10-12H,1-9,15H2,(H,17,18). The number of nitrogens with two attached hydrogens (primary N) is 1. The summed E-state index contributed by atoms with van der Waals surface area (Å²) in [5, 5.41) is 9.00. The van der Waals surface area contributed by atoms with Gasteiger partial charge in [0.15, 0.2) is 0 Å². The summed E-state index contributed by atoms with van der Waals surface area (Å²) in [5.74, 6) is 0.757. The van der Waals surface area contributed by atoms with Crippen LogP contribution in [-0.2, 0) is 9.59 Å². The molecule has 1 amide bonds. The summed E-state index contributed by atoms with van der Waals surface area (Å²) < 4.78 is 0. The van der Waals surface area contributed by atoms with E-state index in [9.17, 15) is 9.59 Å². The first-order chi connectivity index (χ1) is 9.59. The highest BCUT2D eigenvalue weighted by molar-refractivity contribution is 7.99. The minimum absolute atomic E-state index is 0.0424. The van der Waals surface area contributed by atoms with E-state index in [4.69, 9.17) is 10.8 Å². The highest BCUT2D eigenvalue weighted by atomic mass is 32.2. The lowest BCUT2D eigenvalue weighted by molar-refractivity contribution is -0.142. The van der Waals surface area contributed by atoms with E-state index in [1.54, 1.807) is 16.7 Å². The Labute approximate surface area is 124 Å². The normalized spacial score (nSPS) is 31.6. The van der Waals surface area contributed by atoms with E-state index in [-0.39, 0.29) is 30.3 Å². The smallest absolute Gasteiger partial charge is 0.305 e. The van der Waals surface area contributed by atoms with Crippen LogP contribution in [0.1, 0.15) is 38.5 Å². The number of rotatable bonds is 3. The molecule has 3 atom stereocenters. The number of aliphatic carboxylic acids is 1. The second-order valence-corrected chi connectivity index (χ2v) is 6.92. The minimum atomic E-state index is -0.833. The van der Waals surface area contributed by atoms with E-state index in [1.165, 1.54) is 0 Å². The van der Waals surface area contributed by atoms with Crippen LogP contribution < -0.4 is 5.73 Å². The van der Waals surface area contributed by atoms with Crippen molar-refractivity contribution in [1.29, 1.82) is 0 Å². The van der Waals surface area contributed by atoms with Crippen molar-refractivity contribution in [2.75, 3.05) is 18.1 Å². The molecule has 0 aromatic carbocycles. The zero-order valence-electron chi connectivity index (χ0n) is 11.8. The molecule has 5 nitrogen and oxygen atoms in total. The van der Waals surface area contributed by atoms with Crippen LogP contribution in [0.25, 0.3) is 0 Å². The zero-order valence-corrected chi connectivity index (χ0v) is 12.6. The number of carbonyl (C=O) groups is 2. The SMILES string of the molecule is NC1CCCCCC1C(=O)N1CCSCC1CC(=O)O. The molecule has 3 unspecified atom stereocenters. The van der Waals surface area contributed by atoms with Crippen LogP contribution in [0.4, 0.5) is 0 Å². The Bertz CT molecular complexity index is 364. The number of carboxylic acids is 1. The van der Waals surface area contributed by atoms with E-state index in [1.807, 2.05) is 0 Å². The average Bonchev–Trinajstić information content (AvgIpc) is 2.62. The largest absolute Gasteiger partial charge is 0.481 e. The van der Waals surface area contributed by atoms with Gasteiger partial charge in [0.05, 0.1) is 18.4 Å². The highest BCUT2D eigenvalue weighted by Crippen LogP contribution is 2.27. The summed E-state index contributed by atoms with van der Waals surface area (Å²) in [4.78, 5) is 25.5. The van der Waals surface area contributed by atoms with Crippen molar-refractivity contribution in [1.82, 2.24) is 4.90 Å². The summed E-state index contributed by atoms with van der Waals surface area (Å²) in [6.45, 7) is 0.657. The molecule has 0 aromatic rings. The van der Waals surface area contributed by atoms with Crippen molar-refractivity contribution in [3.8, 4) is 0 Å². The Morgan fingerprint density at radius 2 is 2.00 bits per heavy atom. The van der Waals surface area contributed by atoms with Gasteiger partial charge in [-0.3, -0.25) is 9.59 Å². The number of carbonyl (C=O) groups excluding carboxylic acids is 1. The van der Waals surface area contributed by atoms with Crippen molar-refractivity contribution in [2.45, 2.75) is 50.6 Å². The minimum Gasteiger partial charge on any atom is -0.481 e.